The zero-order valence-electron chi connectivity index (χ0n) is 17.8. The van der Waals surface area contributed by atoms with E-state index in [1.807, 2.05) is 30.3 Å². The summed E-state index contributed by atoms with van der Waals surface area (Å²) >= 11 is 1.29. The molecule has 0 aliphatic rings. The van der Waals surface area contributed by atoms with Crippen LogP contribution in [0.3, 0.4) is 0 Å². The predicted molar refractivity (Wildman–Crippen MR) is 128 cm³/mol. The second-order valence-electron chi connectivity index (χ2n) is 7.01. The van der Waals surface area contributed by atoms with Gasteiger partial charge in [0.05, 0.1) is 4.70 Å². The third-order valence-corrected chi connectivity index (χ3v) is 6.20. The molecule has 0 spiro atoms. The van der Waals surface area contributed by atoms with E-state index in [2.05, 4.69) is 28.9 Å². The van der Waals surface area contributed by atoms with Gasteiger partial charge in [0, 0.05) is 24.7 Å². The van der Waals surface area contributed by atoms with Crippen molar-refractivity contribution in [3.8, 4) is 11.3 Å². The Balaban J connectivity index is 0.00000289. The summed E-state index contributed by atoms with van der Waals surface area (Å²) in [6.45, 7) is 6.97. The summed E-state index contributed by atoms with van der Waals surface area (Å²) in [4.78, 5) is 21.6. The molecule has 1 amide bonds. The standard InChI is InChI=1S/C23H23FN4O2S.ClH/c1-3-27(4-2)13-14-28(23-25-21-17(24)11-8-12-20(21)31-23)22(29)18-15-19(30-26-18)16-9-6-5-7-10-16;/h5-12,15H,3-4,13-14H2,1-2H3;1H. The van der Waals surface area contributed by atoms with Crippen molar-refractivity contribution in [2.75, 3.05) is 31.1 Å². The number of thiazole rings is 1. The fourth-order valence-corrected chi connectivity index (χ4v) is 4.34. The van der Waals surface area contributed by atoms with Crippen LogP contribution >= 0.6 is 23.7 Å². The lowest BCUT2D eigenvalue weighted by atomic mass is 10.1. The Bertz CT molecular complexity index is 1180. The molecule has 0 unspecified atom stereocenters. The third-order valence-electron chi connectivity index (χ3n) is 5.16. The van der Waals surface area contributed by atoms with Crippen LogP contribution in [-0.4, -0.2) is 47.1 Å². The molecule has 4 rings (SSSR count). The summed E-state index contributed by atoms with van der Waals surface area (Å²) in [5.74, 6) is -0.204. The SMILES string of the molecule is CCN(CC)CCN(C(=O)c1cc(-c2ccccc2)on1)c1nc2c(F)cccc2s1.Cl. The molecule has 0 bridgehead atoms. The minimum atomic E-state index is -0.399. The van der Waals surface area contributed by atoms with Gasteiger partial charge < -0.3 is 9.42 Å². The Labute approximate surface area is 196 Å². The van der Waals surface area contributed by atoms with Gasteiger partial charge in [-0.2, -0.15) is 0 Å². The second kappa shape index (κ2) is 10.7. The first-order valence-corrected chi connectivity index (χ1v) is 11.0. The Kier molecular flexibility index (Phi) is 7.95. The Morgan fingerprint density at radius 1 is 1.06 bits per heavy atom. The van der Waals surface area contributed by atoms with Crippen LogP contribution in [0.2, 0.25) is 0 Å². The van der Waals surface area contributed by atoms with Crippen LogP contribution in [0.5, 0.6) is 0 Å². The highest BCUT2D eigenvalue weighted by atomic mass is 35.5. The van der Waals surface area contributed by atoms with E-state index in [0.717, 1.165) is 18.7 Å². The summed E-state index contributed by atoms with van der Waals surface area (Å²) in [6, 6.07) is 15.9. The fraction of sp³-hybridized carbons (Fsp3) is 0.261. The molecule has 0 saturated heterocycles. The van der Waals surface area contributed by atoms with Crippen LogP contribution in [0.4, 0.5) is 9.52 Å². The molecule has 0 radical (unpaired) electrons. The lowest BCUT2D eigenvalue weighted by Crippen LogP contribution is -2.39. The number of nitrogens with zero attached hydrogens (tertiary/aromatic N) is 4. The quantitative estimate of drug-likeness (QED) is 0.337. The average Bonchev–Trinajstić information content (AvgIpc) is 3.45. The van der Waals surface area contributed by atoms with Gasteiger partial charge >= 0.3 is 0 Å². The number of rotatable bonds is 8. The number of anilines is 1. The van der Waals surface area contributed by atoms with E-state index in [1.54, 1.807) is 23.1 Å². The predicted octanol–water partition coefficient (Wildman–Crippen LogP) is 5.50. The van der Waals surface area contributed by atoms with Gasteiger partial charge in [0.1, 0.15) is 11.3 Å². The summed E-state index contributed by atoms with van der Waals surface area (Å²) < 4.78 is 20.3. The van der Waals surface area contributed by atoms with Crippen molar-refractivity contribution in [1.82, 2.24) is 15.0 Å². The number of carbonyl (C=O) groups is 1. The molecular formula is C23H24ClFN4O2S. The lowest BCUT2D eigenvalue weighted by molar-refractivity contribution is 0.0975. The molecule has 2 aromatic carbocycles. The van der Waals surface area contributed by atoms with Crippen LogP contribution in [-0.2, 0) is 0 Å². The van der Waals surface area contributed by atoms with E-state index in [4.69, 9.17) is 4.52 Å². The molecule has 0 atom stereocenters. The molecule has 6 nitrogen and oxygen atoms in total. The van der Waals surface area contributed by atoms with E-state index in [9.17, 15) is 9.18 Å². The molecule has 4 aromatic rings. The van der Waals surface area contributed by atoms with Crippen molar-refractivity contribution >= 4 is 45.0 Å². The molecule has 0 aliphatic carbocycles. The monoisotopic (exact) mass is 474 g/mol. The number of amides is 1. The first kappa shape index (κ1) is 23.8. The minimum absolute atomic E-state index is 0. The normalized spacial score (nSPS) is 11.0. The largest absolute Gasteiger partial charge is 0.355 e. The van der Waals surface area contributed by atoms with Crippen molar-refractivity contribution in [3.05, 3.63) is 66.1 Å². The Hall–Kier alpha value is -2.81. The number of fused-ring (bicyclic) bond motifs is 1. The molecule has 0 aliphatic heterocycles. The third kappa shape index (κ3) is 4.98. The van der Waals surface area contributed by atoms with Crippen molar-refractivity contribution in [3.63, 3.8) is 0 Å². The van der Waals surface area contributed by atoms with Crippen LogP contribution in [0, 0.1) is 5.82 Å². The lowest BCUT2D eigenvalue weighted by Gasteiger charge is -2.24. The summed E-state index contributed by atoms with van der Waals surface area (Å²) in [5, 5.41) is 4.45. The van der Waals surface area contributed by atoms with Gasteiger partial charge in [0.2, 0.25) is 0 Å². The van der Waals surface area contributed by atoms with E-state index in [1.165, 1.54) is 17.4 Å². The van der Waals surface area contributed by atoms with Crippen LogP contribution in [0.15, 0.2) is 59.1 Å². The molecule has 2 aromatic heterocycles. The molecule has 0 fully saturated rings. The molecule has 168 valence electrons. The van der Waals surface area contributed by atoms with Gasteiger partial charge in [0.15, 0.2) is 16.6 Å². The maximum Gasteiger partial charge on any atom is 0.282 e. The number of aromatic nitrogens is 2. The highest BCUT2D eigenvalue weighted by Crippen LogP contribution is 2.31. The Morgan fingerprint density at radius 2 is 1.81 bits per heavy atom. The summed E-state index contributed by atoms with van der Waals surface area (Å²) in [5.41, 5.74) is 1.30. The maximum absolute atomic E-state index is 14.2. The van der Waals surface area contributed by atoms with Crippen molar-refractivity contribution < 1.29 is 13.7 Å². The van der Waals surface area contributed by atoms with Gasteiger partial charge in [-0.1, -0.05) is 66.7 Å². The summed E-state index contributed by atoms with van der Waals surface area (Å²) in [6.07, 6.45) is 0. The maximum atomic E-state index is 14.2. The molecule has 2 heterocycles. The van der Waals surface area contributed by atoms with Gasteiger partial charge in [-0.3, -0.25) is 9.69 Å². The number of benzene rings is 2. The zero-order chi connectivity index (χ0) is 21.8. The second-order valence-corrected chi connectivity index (χ2v) is 8.02. The number of para-hydroxylation sites is 1. The highest BCUT2D eigenvalue weighted by molar-refractivity contribution is 7.22. The van der Waals surface area contributed by atoms with Crippen molar-refractivity contribution in [1.29, 1.82) is 0 Å². The van der Waals surface area contributed by atoms with Crippen LogP contribution in [0.25, 0.3) is 21.5 Å². The van der Waals surface area contributed by atoms with Gasteiger partial charge in [-0.15, -0.1) is 12.4 Å². The van der Waals surface area contributed by atoms with Crippen LogP contribution in [0.1, 0.15) is 24.3 Å². The summed E-state index contributed by atoms with van der Waals surface area (Å²) in [7, 11) is 0. The van der Waals surface area contributed by atoms with E-state index in [0.29, 0.717) is 28.7 Å². The minimum Gasteiger partial charge on any atom is -0.355 e. The number of hydrogen-bond donors (Lipinski definition) is 0. The molecule has 0 N–H and O–H groups in total. The number of halogens is 2. The van der Waals surface area contributed by atoms with Gasteiger partial charge in [0.25, 0.3) is 5.91 Å². The van der Waals surface area contributed by atoms with E-state index in [-0.39, 0.29) is 29.5 Å². The first-order valence-electron chi connectivity index (χ1n) is 10.2. The Morgan fingerprint density at radius 3 is 2.50 bits per heavy atom. The fourth-order valence-electron chi connectivity index (χ4n) is 3.34. The van der Waals surface area contributed by atoms with Crippen molar-refractivity contribution in [2.24, 2.45) is 0 Å². The number of hydrogen-bond acceptors (Lipinski definition) is 6. The van der Waals surface area contributed by atoms with E-state index >= 15 is 0 Å². The molecule has 32 heavy (non-hydrogen) atoms. The molecule has 9 heteroatoms. The van der Waals surface area contributed by atoms with Gasteiger partial charge in [-0.05, 0) is 25.2 Å². The topological polar surface area (TPSA) is 62.5 Å². The van der Waals surface area contributed by atoms with E-state index < -0.39 is 5.82 Å². The molecular weight excluding hydrogens is 451 g/mol. The highest BCUT2D eigenvalue weighted by Gasteiger charge is 2.25. The average molecular weight is 475 g/mol. The number of carbonyl (C=O) groups excluding carboxylic acids is 1. The van der Waals surface area contributed by atoms with Gasteiger partial charge in [-0.25, -0.2) is 9.37 Å². The molecule has 0 saturated carbocycles. The first-order chi connectivity index (χ1) is 15.1. The zero-order valence-corrected chi connectivity index (χ0v) is 19.5. The van der Waals surface area contributed by atoms with Crippen LogP contribution < -0.4 is 4.90 Å². The van der Waals surface area contributed by atoms with Crippen molar-refractivity contribution in [2.45, 2.75) is 13.8 Å². The number of likely N-dealkylation sites (N-methyl/N-ethyl adjacent to an activating group) is 1. The smallest absolute Gasteiger partial charge is 0.282 e.